The highest BCUT2D eigenvalue weighted by Gasteiger charge is 2.53. The Morgan fingerprint density at radius 3 is 2.38 bits per heavy atom. The van der Waals surface area contributed by atoms with Gasteiger partial charge in [-0.25, -0.2) is 4.98 Å². The van der Waals surface area contributed by atoms with Gasteiger partial charge in [-0.2, -0.15) is 0 Å². The van der Waals surface area contributed by atoms with Crippen LogP contribution in [0, 0.1) is 30.6 Å². The number of aromatic hydroxyl groups is 2. The van der Waals surface area contributed by atoms with Gasteiger partial charge in [0.2, 0.25) is 5.43 Å². The smallest absolute Gasteiger partial charge is 0.312 e. The van der Waals surface area contributed by atoms with E-state index in [0.717, 1.165) is 13.1 Å². The predicted molar refractivity (Wildman–Crippen MR) is 245 cm³/mol. The van der Waals surface area contributed by atoms with Crippen molar-refractivity contribution in [1.29, 1.82) is 0 Å². The third kappa shape index (κ3) is 7.74. The molecule has 1 aliphatic carbocycles. The normalized spacial score (nSPS) is 32.5. The first-order valence-corrected chi connectivity index (χ1v) is 22.3. The van der Waals surface area contributed by atoms with Crippen LogP contribution < -0.4 is 25.7 Å². The molecular weight excluding hydrogens is 853 g/mol. The standard InChI is InChI=1S/C49H58N4O13/c1-22-12-11-14-48(8)27(6)43(65-48)25(4)39(56)24(3)42(63-28(7)54)23(2)31(61-10)13-19-62-49(9)46(59)35-33-34(40(57)26(5)44(35)66-49)41(58)38(52-47(22)60)45-37(33)51-36-30(55)20-29(21-32(36)64-45)53-17-15-50-16-18-53/h11-14,19-21,23-25,27,31,39,42-43,50,55-57H,15-18H2,1-10H3,(H,52,60)/b14-11+,19-13+,22-12-/t23-,24-,25+,27-,31+,39+,42-,43-,48+,49+/m1/s1. The number of amides is 1. The summed E-state index contributed by atoms with van der Waals surface area (Å²) < 4.78 is 37.0. The van der Waals surface area contributed by atoms with Gasteiger partial charge in [-0.1, -0.05) is 45.9 Å². The third-order valence-electron chi connectivity index (χ3n) is 14.1. The number of aliphatic hydroxyl groups excluding tert-OH is 1. The van der Waals surface area contributed by atoms with Crippen LogP contribution in [0.15, 0.2) is 57.5 Å². The molecule has 0 radical (unpaired) electrons. The number of carbonyl (C=O) groups is 3. The van der Waals surface area contributed by atoms with E-state index >= 15 is 0 Å². The minimum Gasteiger partial charge on any atom is -0.507 e. The van der Waals surface area contributed by atoms with E-state index in [-0.39, 0.29) is 79.2 Å². The number of piperazine rings is 1. The number of allylic oxidation sites excluding steroid dienone is 2. The maximum Gasteiger partial charge on any atom is 0.312 e. The Balaban J connectivity index is 1.32. The van der Waals surface area contributed by atoms with Crippen LogP contribution in [-0.4, -0.2) is 107 Å². The first-order valence-electron chi connectivity index (χ1n) is 22.3. The molecule has 17 heteroatoms. The molecular formula is C49H58N4O13. The Kier molecular flexibility index (Phi) is 12.2. The largest absolute Gasteiger partial charge is 0.507 e. The number of aliphatic hydroxyl groups is 1. The van der Waals surface area contributed by atoms with Crippen LogP contribution in [0.5, 0.6) is 17.2 Å². The maximum atomic E-state index is 14.9. The van der Waals surface area contributed by atoms with Crippen molar-refractivity contribution in [3.05, 3.63) is 69.6 Å². The highest BCUT2D eigenvalue weighted by Crippen LogP contribution is 2.51. The van der Waals surface area contributed by atoms with Crippen LogP contribution in [0.2, 0.25) is 0 Å². The van der Waals surface area contributed by atoms with Gasteiger partial charge in [0.1, 0.15) is 40.3 Å². The van der Waals surface area contributed by atoms with E-state index in [4.69, 9.17) is 33.1 Å². The summed E-state index contributed by atoms with van der Waals surface area (Å²) in [7, 11) is 1.47. The lowest BCUT2D eigenvalue weighted by Crippen LogP contribution is -2.60. The molecule has 2 aromatic carbocycles. The molecule has 0 saturated carbocycles. The number of nitrogens with zero attached hydrogens (tertiary/aromatic N) is 2. The number of phenolic OH excluding ortho intramolecular Hbond substituents is 2. The molecule has 2 saturated heterocycles. The summed E-state index contributed by atoms with van der Waals surface area (Å²) in [4.78, 5) is 63.1. The third-order valence-corrected chi connectivity index (χ3v) is 14.1. The highest BCUT2D eigenvalue weighted by molar-refractivity contribution is 6.22. The van der Waals surface area contributed by atoms with Crippen LogP contribution in [-0.2, 0) is 28.5 Å². The fraction of sp³-hybridized carbons (Fsp3) is 0.490. The number of hydrogen-bond donors (Lipinski definition) is 5. The zero-order valence-electron chi connectivity index (χ0n) is 38.8. The number of nitrogens with one attached hydrogen (secondary N) is 2. The van der Waals surface area contributed by atoms with Gasteiger partial charge in [0.25, 0.3) is 11.7 Å². The number of hydrogen-bond acceptors (Lipinski definition) is 16. The van der Waals surface area contributed by atoms with E-state index in [2.05, 4.69) is 15.5 Å². The zero-order chi connectivity index (χ0) is 47.7. The van der Waals surface area contributed by atoms with E-state index in [9.17, 15) is 34.5 Å². The van der Waals surface area contributed by atoms with Gasteiger partial charge in [0.05, 0.1) is 41.1 Å². The fourth-order valence-corrected chi connectivity index (χ4v) is 9.90. The number of ketones is 1. The number of rotatable bonds is 3. The van der Waals surface area contributed by atoms with E-state index < -0.39 is 76.3 Å². The lowest BCUT2D eigenvalue weighted by molar-refractivity contribution is -0.251. The van der Waals surface area contributed by atoms with Crippen molar-refractivity contribution in [3.8, 4) is 28.7 Å². The lowest BCUT2D eigenvalue weighted by Gasteiger charge is -2.54. The number of esters is 1. The van der Waals surface area contributed by atoms with Crippen LogP contribution in [0.25, 0.3) is 33.3 Å². The lowest BCUT2D eigenvalue weighted by atomic mass is 9.70. The predicted octanol–water partition coefficient (Wildman–Crippen LogP) is 5.86. The van der Waals surface area contributed by atoms with Gasteiger partial charge in [-0.3, -0.25) is 19.2 Å². The second kappa shape index (κ2) is 17.3. The van der Waals surface area contributed by atoms with Crippen molar-refractivity contribution in [2.24, 2.45) is 23.7 Å². The Morgan fingerprint density at radius 1 is 1.00 bits per heavy atom. The number of ether oxygens (including phenoxy) is 5. The summed E-state index contributed by atoms with van der Waals surface area (Å²) in [6, 6.07) is 3.24. The minimum absolute atomic E-state index is 0.00269. The van der Waals surface area contributed by atoms with E-state index in [0.29, 0.717) is 18.8 Å². The van der Waals surface area contributed by atoms with Crippen LogP contribution in [0.4, 0.5) is 11.4 Å². The summed E-state index contributed by atoms with van der Waals surface area (Å²) >= 11 is 0. The summed E-state index contributed by atoms with van der Waals surface area (Å²) in [5.74, 6) is -6.72. The van der Waals surface area contributed by atoms with Gasteiger partial charge in [0.15, 0.2) is 11.3 Å². The Labute approximate surface area is 381 Å². The Hall–Kier alpha value is -6.01. The van der Waals surface area contributed by atoms with E-state index in [1.165, 1.54) is 40.2 Å². The molecule has 0 spiro atoms. The SMILES string of the molecule is CO[C@H]1/C=C/O[C@@]2(C)Oc3c(C)c(O)c4c(=O)c(c5oc6cc(N7CCNCC7)cc(O)c6nc-5c4c3C2=O)NC(=O)/C(C)=C\C=C\[C@]2(C)O[C@H]([C@@H](C)[C@@H](O)[C@@H](C)[C@H](OC(C)=O)[C@@H]1C)[C@H]2C. The molecule has 352 valence electrons. The van der Waals surface area contributed by atoms with Crippen molar-refractivity contribution in [2.75, 3.05) is 43.5 Å². The van der Waals surface area contributed by atoms with Gasteiger partial charge in [-0.05, 0) is 26.8 Å². The molecule has 17 nitrogen and oxygen atoms in total. The van der Waals surface area contributed by atoms with Gasteiger partial charge < -0.3 is 59.0 Å². The topological polar surface area (TPSA) is 228 Å². The van der Waals surface area contributed by atoms with Gasteiger partial charge in [0, 0.05) is 105 Å². The number of fused-ring (bicyclic) bond motifs is 1. The van der Waals surface area contributed by atoms with Crippen LogP contribution in [0.3, 0.4) is 0 Å². The van der Waals surface area contributed by atoms with Gasteiger partial charge in [-0.15, -0.1) is 0 Å². The average Bonchev–Trinajstić information content (AvgIpc) is 3.56. The van der Waals surface area contributed by atoms with Crippen molar-refractivity contribution in [3.63, 3.8) is 0 Å². The minimum atomic E-state index is -2.06. The molecule has 7 bridgehead atoms. The quantitative estimate of drug-likeness (QED) is 0.0921. The maximum absolute atomic E-state index is 14.9. The monoisotopic (exact) mass is 910 g/mol. The fourth-order valence-electron chi connectivity index (χ4n) is 9.90. The molecule has 1 amide bonds. The average molecular weight is 911 g/mol. The van der Waals surface area contributed by atoms with Crippen molar-refractivity contribution in [2.45, 2.75) is 98.1 Å². The number of carbonyl (C=O) groups excluding carboxylic acids is 3. The molecule has 8 aliphatic heterocycles. The number of methoxy groups -OCH3 is 1. The number of phenols is 2. The second-order valence-electron chi connectivity index (χ2n) is 18.5. The molecule has 8 heterocycles. The molecule has 66 heavy (non-hydrogen) atoms. The highest BCUT2D eigenvalue weighted by atomic mass is 16.7. The molecule has 11 rings (SSSR count). The Morgan fingerprint density at radius 2 is 1.71 bits per heavy atom. The number of anilines is 2. The van der Waals surface area contributed by atoms with Crippen LogP contribution >= 0.6 is 0 Å². The zero-order valence-corrected chi connectivity index (χ0v) is 38.8. The molecule has 0 aromatic heterocycles. The Bertz CT molecular complexity index is 2760. The number of benzene rings is 3. The summed E-state index contributed by atoms with van der Waals surface area (Å²) in [6.07, 6.45) is 4.89. The van der Waals surface area contributed by atoms with Crippen molar-refractivity contribution >= 4 is 50.9 Å². The molecule has 2 fully saturated rings. The van der Waals surface area contributed by atoms with Gasteiger partial charge >= 0.3 is 11.8 Å². The summed E-state index contributed by atoms with van der Waals surface area (Å²) in [6.45, 7) is 17.9. The first kappa shape index (κ1) is 46.5. The second-order valence-corrected chi connectivity index (χ2v) is 18.5. The molecule has 10 atom stereocenters. The number of aromatic nitrogens is 1. The first-order chi connectivity index (χ1) is 31.2. The molecule has 5 N–H and O–H groups in total. The molecule has 2 aromatic rings. The van der Waals surface area contributed by atoms with E-state index in [1.54, 1.807) is 38.1 Å². The molecule has 0 unspecified atom stereocenters. The van der Waals surface area contributed by atoms with Crippen LogP contribution in [0.1, 0.15) is 71.3 Å². The number of Topliss-reactive ketones (excluding diaryl/α,β-unsaturated/α-hetero) is 1. The van der Waals surface area contributed by atoms with E-state index in [1.807, 2.05) is 33.8 Å². The summed E-state index contributed by atoms with van der Waals surface area (Å²) in [5.41, 5.74) is -1.28. The van der Waals surface area contributed by atoms with Crippen molar-refractivity contribution in [1.82, 2.24) is 10.3 Å². The summed E-state index contributed by atoms with van der Waals surface area (Å²) in [5, 5.41) is 40.7. The molecule has 9 aliphatic rings. The van der Waals surface area contributed by atoms with Crippen molar-refractivity contribution < 1.29 is 57.8 Å².